The van der Waals surface area contributed by atoms with Crippen LogP contribution >= 0.6 is 22.7 Å². The smallest absolute Gasteiger partial charge is 0.252 e. The fraction of sp³-hybridized carbons (Fsp3) is 0.481. The van der Waals surface area contributed by atoms with Gasteiger partial charge in [0.25, 0.3) is 11.8 Å². The zero-order valence-corrected chi connectivity index (χ0v) is 46.0. The summed E-state index contributed by atoms with van der Waals surface area (Å²) < 4.78 is 44.2. The minimum absolute atomic E-state index is 0.0475. The number of nitrogens with zero attached hydrogens (tertiary/aromatic N) is 6. The molecule has 76 heavy (non-hydrogen) atoms. The molecular weight excluding hydrogens is 1040 g/mol. The first-order valence-electron chi connectivity index (χ1n) is 26.4. The summed E-state index contributed by atoms with van der Waals surface area (Å²) in [7, 11) is -5.68. The molecule has 4 aromatic heterocycles. The highest BCUT2D eigenvalue weighted by Gasteiger charge is 2.37. The summed E-state index contributed by atoms with van der Waals surface area (Å²) in [6.45, 7) is 1.40. The molecule has 0 unspecified atom stereocenters. The van der Waals surface area contributed by atoms with Crippen LogP contribution in [0.5, 0.6) is 0 Å². The second-order valence-electron chi connectivity index (χ2n) is 21.7. The summed E-state index contributed by atoms with van der Waals surface area (Å²) in [6.07, 6.45) is 20.2. The van der Waals surface area contributed by atoms with Gasteiger partial charge in [-0.1, -0.05) is 12.1 Å². The van der Waals surface area contributed by atoms with Gasteiger partial charge in [0.15, 0.2) is 0 Å². The minimum atomic E-state index is -2.84. The predicted octanol–water partition coefficient (Wildman–Crippen LogP) is 9.02. The molecule has 0 radical (unpaired) electrons. The summed E-state index contributed by atoms with van der Waals surface area (Å²) in [5.41, 5.74) is 4.92. The number of aryl methyl sites for hydroxylation is 2. The van der Waals surface area contributed by atoms with Gasteiger partial charge in [0.1, 0.15) is 24.2 Å². The van der Waals surface area contributed by atoms with Crippen LogP contribution in [0.4, 0.5) is 23.3 Å². The van der Waals surface area contributed by atoms with E-state index in [0.29, 0.717) is 94.8 Å². The molecule has 4 atom stereocenters. The first kappa shape index (κ1) is 52.0. The summed E-state index contributed by atoms with van der Waals surface area (Å²) in [5.74, 6) is 3.03. The maximum atomic E-state index is 13.4. The minimum Gasteiger partial charge on any atom is -0.352 e. The van der Waals surface area contributed by atoms with E-state index in [4.69, 9.17) is 9.56 Å². The van der Waals surface area contributed by atoms with Gasteiger partial charge in [-0.05, 0) is 149 Å². The number of hydrogen-bond donors (Lipinski definition) is 6. The van der Waals surface area contributed by atoms with E-state index in [1.165, 1.54) is 47.9 Å². The van der Waals surface area contributed by atoms with E-state index >= 15 is 0 Å². The highest BCUT2D eigenvalue weighted by atomic mass is 32.2. The molecule has 4 fully saturated rings. The Labute approximate surface area is 451 Å². The number of anilines is 4. The Kier molecular flexibility index (Phi) is 14.6. The Morgan fingerprint density at radius 3 is 1.38 bits per heavy atom. The van der Waals surface area contributed by atoms with Crippen LogP contribution in [-0.4, -0.2) is 86.9 Å². The SMILES string of the molecule is C[S@@](=N)(=O)c1cccc(Nc2nncn2[C@H]2CCc3sc(CC(=O)C4CC4)c(C(=O)NCC4CC4)c3C2)c1.C[S@](=N)(=O)c1cccc(Nc2nncn2[C@H]2CCc3sc(CC(=O)C4CC4)c(C(=O)NCC4CC4)c3C2)c1. The molecule has 4 saturated carbocycles. The second kappa shape index (κ2) is 21.4. The topological polar surface area (TPSA) is 260 Å². The fourth-order valence-electron chi connectivity index (χ4n) is 10.3. The Balaban J connectivity index is 0.000000162. The Morgan fingerprint density at radius 2 is 1.01 bits per heavy atom. The van der Waals surface area contributed by atoms with Crippen molar-refractivity contribution in [3.8, 4) is 0 Å². The van der Waals surface area contributed by atoms with Gasteiger partial charge in [-0.15, -0.1) is 43.1 Å². The molecule has 0 saturated heterocycles. The maximum Gasteiger partial charge on any atom is 0.252 e. The lowest BCUT2D eigenvalue weighted by molar-refractivity contribution is -0.120. The van der Waals surface area contributed by atoms with Gasteiger partial charge < -0.3 is 21.3 Å². The Hall–Kier alpha value is -6.10. The molecule has 18 nitrogen and oxygen atoms in total. The van der Waals surface area contributed by atoms with E-state index in [1.54, 1.807) is 71.7 Å². The zero-order chi connectivity index (χ0) is 52.9. The number of rotatable bonds is 20. The number of carbonyl (C=O) groups is 4. The van der Waals surface area contributed by atoms with Gasteiger partial charge in [0.05, 0.1) is 30.6 Å². The molecular formula is C54H64N12O6S4. The molecule has 12 rings (SSSR count). The molecule has 400 valence electrons. The molecule has 22 heteroatoms. The number of nitrogens with one attached hydrogen (secondary N) is 6. The van der Waals surface area contributed by atoms with Crippen molar-refractivity contribution in [1.82, 2.24) is 40.2 Å². The standard InChI is InChI=1S/2C27H32N6O3S2/c2*1-38(28,36)20-4-2-3-18(11-20)31-27-32-30-15-33(27)19-9-10-23-21(12-19)25(26(35)29-14-16-5-6-16)24(37-23)13-22(34)17-7-8-17/h2*2-4,11,15-17,19,28H,5-10,12-14H2,1H3,(H,29,35)(H,31,32)/t19-,38+;19-,38-/m00/s1. The molecule has 2 aromatic carbocycles. The van der Waals surface area contributed by atoms with Crippen LogP contribution in [-0.2, 0) is 67.6 Å². The van der Waals surface area contributed by atoms with Gasteiger partial charge in [0.2, 0.25) is 11.9 Å². The van der Waals surface area contributed by atoms with Crippen LogP contribution < -0.4 is 21.3 Å². The molecule has 6 aliphatic carbocycles. The van der Waals surface area contributed by atoms with Crippen LogP contribution in [0.1, 0.15) is 128 Å². The van der Waals surface area contributed by atoms with Crippen molar-refractivity contribution in [1.29, 1.82) is 9.56 Å². The quantitative estimate of drug-likeness (QED) is 0.0419. The molecule has 0 spiro atoms. The number of aromatic nitrogens is 6. The average Bonchev–Trinajstić information content (AvgIpc) is 4.21. The molecule has 6 N–H and O–H groups in total. The van der Waals surface area contributed by atoms with Crippen LogP contribution in [0.3, 0.4) is 0 Å². The van der Waals surface area contributed by atoms with Crippen LogP contribution in [0.25, 0.3) is 0 Å². The number of Topliss-reactive ketones (excluding diaryl/α,β-unsaturated/α-hetero) is 2. The molecule has 0 bridgehead atoms. The van der Waals surface area contributed by atoms with Gasteiger partial charge in [-0.25, -0.2) is 18.0 Å². The summed E-state index contributed by atoms with van der Waals surface area (Å²) in [4.78, 5) is 57.4. The number of hydrogen-bond acceptors (Lipinski definition) is 16. The normalized spacial score (nSPS) is 20.4. The molecule has 2 amide bonds. The largest absolute Gasteiger partial charge is 0.352 e. The van der Waals surface area contributed by atoms with Crippen LogP contribution in [0.2, 0.25) is 0 Å². The van der Waals surface area contributed by atoms with Gasteiger partial charge in [-0.3, -0.25) is 28.3 Å². The van der Waals surface area contributed by atoms with E-state index in [9.17, 15) is 27.6 Å². The Morgan fingerprint density at radius 1 is 0.605 bits per heavy atom. The van der Waals surface area contributed by atoms with Crippen LogP contribution in [0, 0.1) is 33.2 Å². The van der Waals surface area contributed by atoms with Gasteiger partial charge in [-0.2, -0.15) is 0 Å². The second-order valence-corrected chi connectivity index (χ2v) is 28.4. The van der Waals surface area contributed by atoms with Crippen molar-refractivity contribution in [2.45, 2.75) is 125 Å². The maximum absolute atomic E-state index is 13.4. The summed E-state index contributed by atoms with van der Waals surface area (Å²) in [6, 6.07) is 14.1. The van der Waals surface area contributed by atoms with E-state index in [2.05, 4.69) is 41.7 Å². The number of thiophene rings is 2. The highest BCUT2D eigenvalue weighted by molar-refractivity contribution is 7.92. The first-order chi connectivity index (χ1) is 36.5. The summed E-state index contributed by atoms with van der Waals surface area (Å²) in [5, 5.41) is 29.7. The molecule has 4 heterocycles. The molecule has 6 aromatic rings. The van der Waals surface area contributed by atoms with E-state index in [-0.39, 0.29) is 47.3 Å². The highest BCUT2D eigenvalue weighted by Crippen LogP contribution is 2.43. The predicted molar refractivity (Wildman–Crippen MR) is 293 cm³/mol. The van der Waals surface area contributed by atoms with Gasteiger partial charge in [0, 0.05) is 103 Å². The Bertz CT molecular complexity index is 3230. The van der Waals surface area contributed by atoms with Crippen molar-refractivity contribution in [3.05, 3.63) is 103 Å². The van der Waals surface area contributed by atoms with Crippen molar-refractivity contribution in [2.75, 3.05) is 36.2 Å². The average molecular weight is 1110 g/mol. The lowest BCUT2D eigenvalue weighted by Gasteiger charge is -2.25. The third-order valence-corrected chi connectivity index (χ3v) is 20.2. The molecule has 6 aliphatic rings. The van der Waals surface area contributed by atoms with Crippen molar-refractivity contribution in [3.63, 3.8) is 0 Å². The third-order valence-electron chi connectivity index (χ3n) is 15.3. The van der Waals surface area contributed by atoms with Crippen LogP contribution in [0.15, 0.2) is 71.0 Å². The monoisotopic (exact) mass is 1100 g/mol. The van der Waals surface area contributed by atoms with Crippen molar-refractivity contribution >= 4 is 88.8 Å². The lowest BCUT2D eigenvalue weighted by atomic mass is 9.90. The first-order valence-corrected chi connectivity index (χ1v) is 32.0. The van der Waals surface area contributed by atoms with Crippen molar-refractivity contribution in [2.24, 2.45) is 23.7 Å². The van der Waals surface area contributed by atoms with Gasteiger partial charge >= 0.3 is 0 Å². The number of carbonyl (C=O) groups excluding carboxylic acids is 4. The fourth-order valence-corrected chi connectivity index (χ4v) is 14.4. The number of fused-ring (bicyclic) bond motifs is 2. The molecule has 0 aliphatic heterocycles. The van der Waals surface area contributed by atoms with Crippen molar-refractivity contribution < 1.29 is 27.6 Å². The third kappa shape index (κ3) is 12.2. The number of ketones is 2. The van der Waals surface area contributed by atoms with E-state index < -0.39 is 19.5 Å². The van der Waals surface area contributed by atoms with E-state index in [0.717, 1.165) is 72.2 Å². The number of benzene rings is 2. The zero-order valence-electron chi connectivity index (χ0n) is 42.7. The summed E-state index contributed by atoms with van der Waals surface area (Å²) >= 11 is 3.28. The number of amides is 2. The lowest BCUT2D eigenvalue weighted by Crippen LogP contribution is -2.28. The van der Waals surface area contributed by atoms with E-state index in [1.807, 2.05) is 21.3 Å².